The zero-order valence-corrected chi connectivity index (χ0v) is 20.5. The zero-order chi connectivity index (χ0) is 25.1. The molecule has 3 aromatic heterocycles. The van der Waals surface area contributed by atoms with Gasteiger partial charge in [0.25, 0.3) is 5.91 Å². The van der Waals surface area contributed by atoms with Gasteiger partial charge >= 0.3 is 6.01 Å². The number of hydrogen-bond acceptors (Lipinski definition) is 10. The summed E-state index contributed by atoms with van der Waals surface area (Å²) in [5.41, 5.74) is 1.96. The number of para-hydroxylation sites is 1. The molecule has 5 rings (SSSR count). The van der Waals surface area contributed by atoms with Gasteiger partial charge in [0.15, 0.2) is 5.82 Å². The normalized spacial score (nSPS) is 14.0. The van der Waals surface area contributed by atoms with E-state index < -0.39 is 5.91 Å². The number of anilines is 4. The average molecular weight is 506 g/mol. The summed E-state index contributed by atoms with van der Waals surface area (Å²) < 4.78 is 5.63. The van der Waals surface area contributed by atoms with E-state index in [1.165, 1.54) is 6.20 Å². The first-order chi connectivity index (χ1) is 17.5. The van der Waals surface area contributed by atoms with Crippen LogP contribution in [0, 0.1) is 6.92 Å². The van der Waals surface area contributed by atoms with Gasteiger partial charge in [0.05, 0.1) is 16.9 Å². The Kier molecular flexibility index (Phi) is 6.74. The minimum Gasteiger partial charge on any atom is -0.418 e. The van der Waals surface area contributed by atoms with Gasteiger partial charge in [-0.1, -0.05) is 29.8 Å². The highest BCUT2D eigenvalue weighted by Crippen LogP contribution is 2.26. The Bertz CT molecular complexity index is 1350. The number of halogens is 1. The highest BCUT2D eigenvalue weighted by molar-refractivity contribution is 6.34. The van der Waals surface area contributed by atoms with E-state index in [1.54, 1.807) is 12.3 Å². The van der Waals surface area contributed by atoms with Crippen molar-refractivity contribution in [1.82, 2.24) is 29.8 Å². The zero-order valence-electron chi connectivity index (χ0n) is 19.8. The summed E-state index contributed by atoms with van der Waals surface area (Å²) in [6.45, 7) is 5.22. The second kappa shape index (κ2) is 10.3. The molecule has 0 spiro atoms. The molecule has 1 aromatic carbocycles. The van der Waals surface area contributed by atoms with Crippen molar-refractivity contribution < 1.29 is 9.21 Å². The minimum absolute atomic E-state index is 0.00937. The van der Waals surface area contributed by atoms with Crippen LogP contribution in [-0.2, 0) is 0 Å². The molecule has 4 aromatic rings. The lowest BCUT2D eigenvalue weighted by atomic mass is 10.2. The van der Waals surface area contributed by atoms with Gasteiger partial charge in [-0.25, -0.2) is 4.98 Å². The first-order valence-electron chi connectivity index (χ1n) is 11.4. The van der Waals surface area contributed by atoms with Crippen molar-refractivity contribution in [2.45, 2.75) is 6.92 Å². The van der Waals surface area contributed by atoms with Crippen LogP contribution in [0.4, 0.5) is 23.6 Å². The number of likely N-dealkylation sites (N-methyl/N-ethyl adjacent to an activating group) is 1. The Balaban J connectivity index is 1.39. The van der Waals surface area contributed by atoms with Gasteiger partial charge < -0.3 is 19.5 Å². The summed E-state index contributed by atoms with van der Waals surface area (Å²) in [6.07, 6.45) is 3.01. The number of aromatic nitrogens is 5. The quantitative estimate of drug-likeness (QED) is 0.401. The predicted molar refractivity (Wildman–Crippen MR) is 137 cm³/mol. The molecule has 0 aliphatic carbocycles. The van der Waals surface area contributed by atoms with E-state index in [2.05, 4.69) is 52.4 Å². The van der Waals surface area contributed by atoms with Crippen LogP contribution >= 0.6 is 11.6 Å². The van der Waals surface area contributed by atoms with Gasteiger partial charge in [0.2, 0.25) is 17.7 Å². The molecule has 1 aliphatic rings. The van der Waals surface area contributed by atoms with E-state index in [9.17, 15) is 4.79 Å². The second-order valence-electron chi connectivity index (χ2n) is 8.33. The molecule has 0 radical (unpaired) electrons. The number of nitrogens with zero attached hydrogens (tertiary/aromatic N) is 7. The van der Waals surface area contributed by atoms with Crippen LogP contribution < -0.4 is 15.5 Å². The smallest absolute Gasteiger partial charge is 0.302 e. The van der Waals surface area contributed by atoms with Gasteiger partial charge in [-0.2, -0.15) is 15.0 Å². The number of aryl methyl sites for hydroxylation is 1. The number of carbonyl (C=O) groups excluding carboxylic acids is 1. The largest absolute Gasteiger partial charge is 0.418 e. The molecule has 0 bridgehead atoms. The van der Waals surface area contributed by atoms with Crippen LogP contribution in [0.5, 0.6) is 0 Å². The Hall–Kier alpha value is -4.09. The fraction of sp³-hybridized carbons (Fsp3) is 0.250. The number of rotatable bonds is 6. The van der Waals surface area contributed by atoms with Crippen LogP contribution in [-0.4, -0.2) is 69.0 Å². The molecule has 4 heterocycles. The lowest BCUT2D eigenvalue weighted by molar-refractivity contribution is 0.0997. The molecular formula is C24H24ClN9O2. The highest BCUT2D eigenvalue weighted by atomic mass is 35.5. The number of nitrogens with one attached hydrogen (secondary N) is 2. The van der Waals surface area contributed by atoms with Crippen molar-refractivity contribution in [3.05, 3.63) is 65.1 Å². The van der Waals surface area contributed by atoms with E-state index in [-0.39, 0.29) is 17.7 Å². The monoisotopic (exact) mass is 505 g/mol. The van der Waals surface area contributed by atoms with E-state index in [0.717, 1.165) is 31.7 Å². The molecular weight excluding hydrogens is 482 g/mol. The minimum atomic E-state index is -0.477. The second-order valence-corrected chi connectivity index (χ2v) is 8.74. The number of pyridine rings is 1. The van der Waals surface area contributed by atoms with Crippen molar-refractivity contribution in [2.75, 3.05) is 48.8 Å². The van der Waals surface area contributed by atoms with Crippen molar-refractivity contribution in [3.8, 4) is 11.5 Å². The molecule has 0 atom stereocenters. The Morgan fingerprint density at radius 1 is 1.03 bits per heavy atom. The molecule has 1 fully saturated rings. The summed E-state index contributed by atoms with van der Waals surface area (Å²) in [6, 6.07) is 11.0. The third kappa shape index (κ3) is 5.26. The molecule has 12 heteroatoms. The molecule has 1 aliphatic heterocycles. The third-order valence-corrected chi connectivity index (χ3v) is 6.03. The molecule has 2 N–H and O–H groups in total. The van der Waals surface area contributed by atoms with Crippen LogP contribution in [0.1, 0.15) is 16.1 Å². The van der Waals surface area contributed by atoms with Gasteiger partial charge in [-0.05, 0) is 37.7 Å². The molecule has 1 amide bonds. The van der Waals surface area contributed by atoms with E-state index >= 15 is 0 Å². The average Bonchev–Trinajstić information content (AvgIpc) is 3.35. The van der Waals surface area contributed by atoms with Crippen molar-refractivity contribution in [3.63, 3.8) is 0 Å². The lowest BCUT2D eigenvalue weighted by Gasteiger charge is -2.32. The molecule has 0 unspecified atom stereocenters. The molecule has 1 saturated heterocycles. The number of piperazine rings is 1. The van der Waals surface area contributed by atoms with Crippen molar-refractivity contribution in [2.24, 2.45) is 0 Å². The van der Waals surface area contributed by atoms with E-state index in [0.29, 0.717) is 28.2 Å². The first-order valence-corrected chi connectivity index (χ1v) is 11.7. The lowest BCUT2D eigenvalue weighted by Crippen LogP contribution is -2.45. The summed E-state index contributed by atoms with van der Waals surface area (Å²) in [4.78, 5) is 39.3. The number of amides is 1. The van der Waals surface area contributed by atoms with Crippen LogP contribution in [0.15, 0.2) is 53.2 Å². The van der Waals surface area contributed by atoms with Gasteiger partial charge in [-0.15, -0.1) is 0 Å². The highest BCUT2D eigenvalue weighted by Gasteiger charge is 2.21. The SMILES string of the molecule is Cc1cccc(Cl)c1NC(=O)c1cnc(Nc2nc(-c3ccccn3)nc(N3CCN(C)CC3)n2)o1. The summed E-state index contributed by atoms with van der Waals surface area (Å²) in [5, 5.41) is 6.15. The van der Waals surface area contributed by atoms with Gasteiger partial charge in [0.1, 0.15) is 5.69 Å². The topological polar surface area (TPSA) is 125 Å². The fourth-order valence-corrected chi connectivity index (χ4v) is 3.95. The molecule has 36 heavy (non-hydrogen) atoms. The number of carbonyl (C=O) groups is 1. The molecule has 11 nitrogen and oxygen atoms in total. The van der Waals surface area contributed by atoms with E-state index in [4.69, 9.17) is 16.0 Å². The van der Waals surface area contributed by atoms with Gasteiger partial charge in [0, 0.05) is 32.4 Å². The van der Waals surface area contributed by atoms with E-state index in [1.807, 2.05) is 37.3 Å². The van der Waals surface area contributed by atoms with Gasteiger partial charge in [-0.3, -0.25) is 15.1 Å². The maximum atomic E-state index is 12.7. The maximum Gasteiger partial charge on any atom is 0.302 e. The first kappa shape index (κ1) is 23.6. The summed E-state index contributed by atoms with van der Waals surface area (Å²) >= 11 is 6.22. The third-order valence-electron chi connectivity index (χ3n) is 5.71. The standard InChI is InChI=1S/C24H24ClN9O2/c1-15-6-5-7-16(25)19(15)28-21(35)18-14-27-24(36-18)32-22-29-20(17-8-3-4-9-26-17)30-23(31-22)34-12-10-33(2)11-13-34/h3-9,14H,10-13H2,1-2H3,(H,28,35)(H,27,29,30,31,32). The Morgan fingerprint density at radius 3 is 2.61 bits per heavy atom. The van der Waals surface area contributed by atoms with Crippen LogP contribution in [0.25, 0.3) is 11.5 Å². The number of benzene rings is 1. The Labute approximate surface area is 212 Å². The van der Waals surface area contributed by atoms with Crippen LogP contribution in [0.3, 0.4) is 0 Å². The van der Waals surface area contributed by atoms with Crippen molar-refractivity contribution in [1.29, 1.82) is 0 Å². The molecule has 0 saturated carbocycles. The number of oxazole rings is 1. The molecule has 184 valence electrons. The fourth-order valence-electron chi connectivity index (χ4n) is 3.68. The van der Waals surface area contributed by atoms with Crippen LogP contribution in [0.2, 0.25) is 5.02 Å². The van der Waals surface area contributed by atoms with Crippen molar-refractivity contribution >= 4 is 41.1 Å². The maximum absolute atomic E-state index is 12.7. The summed E-state index contributed by atoms with van der Waals surface area (Å²) in [5.74, 6) is 0.709. The number of hydrogen-bond donors (Lipinski definition) is 2. The summed E-state index contributed by atoms with van der Waals surface area (Å²) in [7, 11) is 2.08. The predicted octanol–water partition coefficient (Wildman–Crippen LogP) is 3.63. The Morgan fingerprint density at radius 2 is 1.86 bits per heavy atom.